The third kappa shape index (κ3) is 4.01. The molecule has 2 N–H and O–H groups in total. The van der Waals surface area contributed by atoms with Crippen LogP contribution in [0.15, 0.2) is 47.4 Å². The van der Waals surface area contributed by atoms with Gasteiger partial charge in [-0.05, 0) is 55.3 Å². The van der Waals surface area contributed by atoms with Crippen LogP contribution in [-0.4, -0.2) is 20.4 Å². The van der Waals surface area contributed by atoms with E-state index in [4.69, 9.17) is 23.2 Å². The van der Waals surface area contributed by atoms with Gasteiger partial charge in [-0.3, -0.25) is 9.52 Å². The third-order valence-electron chi connectivity index (χ3n) is 3.49. The Bertz CT molecular complexity index is 879. The normalized spacial score (nSPS) is 14.2. The Morgan fingerprint density at radius 2 is 1.71 bits per heavy atom. The first kappa shape index (κ1) is 17.1. The highest BCUT2D eigenvalue weighted by Crippen LogP contribution is 2.26. The van der Waals surface area contributed by atoms with Crippen LogP contribution in [0.3, 0.4) is 0 Å². The van der Waals surface area contributed by atoms with E-state index in [1.165, 1.54) is 30.3 Å². The fraction of sp³-hybridized carbons (Fsp3) is 0.188. The maximum atomic E-state index is 12.6. The first-order valence-electron chi connectivity index (χ1n) is 7.24. The molecule has 126 valence electrons. The first-order chi connectivity index (χ1) is 11.3. The lowest BCUT2D eigenvalue weighted by molar-refractivity contribution is 0.0951. The van der Waals surface area contributed by atoms with Crippen LogP contribution in [0.1, 0.15) is 23.2 Å². The molecule has 0 spiro atoms. The van der Waals surface area contributed by atoms with Crippen LogP contribution in [0.25, 0.3) is 0 Å². The fourth-order valence-electron chi connectivity index (χ4n) is 2.07. The van der Waals surface area contributed by atoms with Gasteiger partial charge < -0.3 is 5.32 Å². The van der Waals surface area contributed by atoms with E-state index in [1.807, 2.05) is 0 Å². The molecule has 5 nitrogen and oxygen atoms in total. The highest BCUT2D eigenvalue weighted by Gasteiger charge is 2.25. The van der Waals surface area contributed by atoms with Gasteiger partial charge in [0, 0.05) is 22.3 Å². The van der Waals surface area contributed by atoms with E-state index >= 15 is 0 Å². The summed E-state index contributed by atoms with van der Waals surface area (Å²) in [5, 5.41) is 3.35. The summed E-state index contributed by atoms with van der Waals surface area (Å²) in [7, 11) is -3.93. The molecule has 0 atom stereocenters. The Hall–Kier alpha value is -1.76. The average molecular weight is 385 g/mol. The summed E-state index contributed by atoms with van der Waals surface area (Å²) in [6.45, 7) is 0. The lowest BCUT2D eigenvalue weighted by atomic mass is 10.2. The van der Waals surface area contributed by atoms with E-state index in [-0.39, 0.29) is 27.4 Å². The molecule has 0 radical (unpaired) electrons. The molecule has 8 heteroatoms. The number of halogens is 2. The highest BCUT2D eigenvalue weighted by molar-refractivity contribution is 7.92. The number of carbonyl (C=O) groups is 1. The Kier molecular flexibility index (Phi) is 4.71. The second-order valence-electron chi connectivity index (χ2n) is 5.51. The lowest BCUT2D eigenvalue weighted by Crippen LogP contribution is -2.25. The van der Waals surface area contributed by atoms with Gasteiger partial charge in [-0.1, -0.05) is 23.2 Å². The van der Waals surface area contributed by atoms with Gasteiger partial charge in [0.25, 0.3) is 15.9 Å². The van der Waals surface area contributed by atoms with Crippen LogP contribution in [-0.2, 0) is 10.0 Å². The summed E-state index contributed by atoms with van der Waals surface area (Å²) in [5.74, 6) is -0.308. The molecule has 0 saturated heterocycles. The number of rotatable bonds is 5. The molecule has 1 amide bonds. The van der Waals surface area contributed by atoms with Crippen molar-refractivity contribution in [2.75, 3.05) is 4.72 Å². The van der Waals surface area contributed by atoms with E-state index in [9.17, 15) is 13.2 Å². The molecule has 1 fully saturated rings. The third-order valence-corrected chi connectivity index (χ3v) is 5.61. The van der Waals surface area contributed by atoms with Gasteiger partial charge >= 0.3 is 0 Å². The van der Waals surface area contributed by atoms with Crippen molar-refractivity contribution in [3.05, 3.63) is 58.1 Å². The van der Waals surface area contributed by atoms with E-state index in [1.54, 1.807) is 12.1 Å². The average Bonchev–Trinajstić information content (AvgIpc) is 3.33. The van der Waals surface area contributed by atoms with Crippen LogP contribution >= 0.6 is 23.2 Å². The van der Waals surface area contributed by atoms with Gasteiger partial charge in [0.1, 0.15) is 4.90 Å². The Morgan fingerprint density at radius 1 is 1.04 bits per heavy atom. The quantitative estimate of drug-likeness (QED) is 0.825. The smallest absolute Gasteiger partial charge is 0.263 e. The standard InChI is InChI=1S/C16H14Cl2N2O3S/c17-11-2-4-13(5-3-11)20-24(22,23)15-9-10(1-8-14(15)18)16(21)19-12-6-7-12/h1-5,8-9,12,20H,6-7H2,(H,19,21). The second kappa shape index (κ2) is 6.63. The van der Waals surface area contributed by atoms with Crippen molar-refractivity contribution >= 4 is 44.8 Å². The maximum Gasteiger partial charge on any atom is 0.263 e. The largest absolute Gasteiger partial charge is 0.349 e. The Labute approximate surface area is 150 Å². The predicted octanol–water partition coefficient (Wildman–Crippen LogP) is 3.69. The van der Waals surface area contributed by atoms with Gasteiger partial charge in [-0.15, -0.1) is 0 Å². The molecule has 1 saturated carbocycles. The Balaban J connectivity index is 1.88. The minimum absolute atomic E-state index is 0.0411. The van der Waals surface area contributed by atoms with Gasteiger partial charge in [-0.2, -0.15) is 0 Å². The molecule has 0 aromatic heterocycles. The zero-order valence-electron chi connectivity index (χ0n) is 12.4. The van der Waals surface area contributed by atoms with Gasteiger partial charge in [0.05, 0.1) is 5.02 Å². The van der Waals surface area contributed by atoms with Crippen molar-refractivity contribution in [2.24, 2.45) is 0 Å². The summed E-state index contributed by atoms with van der Waals surface area (Å²) in [6.07, 6.45) is 1.89. The number of carbonyl (C=O) groups excluding carboxylic acids is 1. The number of amides is 1. The summed E-state index contributed by atoms with van der Waals surface area (Å²) < 4.78 is 27.5. The molecule has 1 aliphatic rings. The Morgan fingerprint density at radius 3 is 2.33 bits per heavy atom. The molecular weight excluding hydrogens is 371 g/mol. The van der Waals surface area contributed by atoms with Crippen LogP contribution in [0, 0.1) is 0 Å². The van der Waals surface area contributed by atoms with Crippen molar-refractivity contribution in [1.29, 1.82) is 0 Å². The van der Waals surface area contributed by atoms with E-state index in [0.717, 1.165) is 12.8 Å². The highest BCUT2D eigenvalue weighted by atomic mass is 35.5. The van der Waals surface area contributed by atoms with Crippen LogP contribution in [0.5, 0.6) is 0 Å². The van der Waals surface area contributed by atoms with Crippen LogP contribution in [0.2, 0.25) is 10.0 Å². The van der Waals surface area contributed by atoms with Crippen molar-refractivity contribution < 1.29 is 13.2 Å². The minimum atomic E-state index is -3.93. The zero-order valence-corrected chi connectivity index (χ0v) is 14.8. The molecule has 2 aromatic rings. The van der Waals surface area contributed by atoms with Gasteiger partial charge in [0.15, 0.2) is 0 Å². The molecule has 0 unspecified atom stereocenters. The number of nitrogens with one attached hydrogen (secondary N) is 2. The molecular formula is C16H14Cl2N2O3S. The lowest BCUT2D eigenvalue weighted by Gasteiger charge is -2.11. The number of hydrogen-bond acceptors (Lipinski definition) is 3. The van der Waals surface area contributed by atoms with Crippen molar-refractivity contribution in [2.45, 2.75) is 23.8 Å². The molecule has 1 aliphatic carbocycles. The second-order valence-corrected chi connectivity index (χ2v) is 8.00. The topological polar surface area (TPSA) is 75.3 Å². The first-order valence-corrected chi connectivity index (χ1v) is 9.48. The minimum Gasteiger partial charge on any atom is -0.349 e. The fourth-order valence-corrected chi connectivity index (χ4v) is 3.79. The van der Waals surface area contributed by atoms with Crippen molar-refractivity contribution in [3.8, 4) is 0 Å². The maximum absolute atomic E-state index is 12.6. The van der Waals surface area contributed by atoms with E-state index in [2.05, 4.69) is 10.0 Å². The molecule has 2 aromatic carbocycles. The van der Waals surface area contributed by atoms with E-state index < -0.39 is 10.0 Å². The van der Waals surface area contributed by atoms with Crippen molar-refractivity contribution in [1.82, 2.24) is 5.32 Å². The summed E-state index contributed by atoms with van der Waals surface area (Å²) >= 11 is 11.8. The molecule has 0 aliphatic heterocycles. The summed E-state index contributed by atoms with van der Waals surface area (Å²) in [6, 6.07) is 10.6. The van der Waals surface area contributed by atoms with Crippen LogP contribution in [0.4, 0.5) is 5.69 Å². The number of hydrogen-bond donors (Lipinski definition) is 2. The number of benzene rings is 2. The zero-order chi connectivity index (χ0) is 17.3. The predicted molar refractivity (Wildman–Crippen MR) is 94.2 cm³/mol. The molecule has 0 bridgehead atoms. The van der Waals surface area contributed by atoms with Crippen LogP contribution < -0.4 is 10.0 Å². The summed E-state index contributed by atoms with van der Waals surface area (Å²) in [5.41, 5.74) is 0.603. The van der Waals surface area contributed by atoms with Gasteiger partial charge in [0.2, 0.25) is 0 Å². The molecule has 0 heterocycles. The van der Waals surface area contributed by atoms with E-state index in [0.29, 0.717) is 10.7 Å². The number of anilines is 1. The SMILES string of the molecule is O=C(NC1CC1)c1ccc(Cl)c(S(=O)(=O)Nc2ccc(Cl)cc2)c1. The van der Waals surface area contributed by atoms with Crippen molar-refractivity contribution in [3.63, 3.8) is 0 Å². The summed E-state index contributed by atoms with van der Waals surface area (Å²) in [4.78, 5) is 11.9. The van der Waals surface area contributed by atoms with Gasteiger partial charge in [-0.25, -0.2) is 8.42 Å². The number of sulfonamides is 1. The molecule has 3 rings (SSSR count). The monoisotopic (exact) mass is 384 g/mol. The molecule has 24 heavy (non-hydrogen) atoms.